The third kappa shape index (κ3) is 3.40. The Kier molecular flexibility index (Phi) is 5.26. The summed E-state index contributed by atoms with van der Waals surface area (Å²) in [4.78, 5) is 25.6. The predicted octanol–water partition coefficient (Wildman–Crippen LogP) is -0.283. The summed E-state index contributed by atoms with van der Waals surface area (Å²) in [5, 5.41) is 17.1. The fourth-order valence-corrected chi connectivity index (χ4v) is 4.67. The first kappa shape index (κ1) is 20.0. The summed E-state index contributed by atoms with van der Waals surface area (Å²) >= 11 is 0. The number of amides is 1. The predicted molar refractivity (Wildman–Crippen MR) is 97.2 cm³/mol. The van der Waals surface area contributed by atoms with Gasteiger partial charge in [-0.3, -0.25) is 9.48 Å². The zero-order valence-corrected chi connectivity index (χ0v) is 16.6. The van der Waals surface area contributed by atoms with E-state index in [0.29, 0.717) is 5.69 Å². The van der Waals surface area contributed by atoms with Crippen molar-refractivity contribution in [3.05, 3.63) is 29.8 Å². The summed E-state index contributed by atoms with van der Waals surface area (Å²) in [6.45, 7) is 3.81. The third-order valence-corrected chi connectivity index (χ3v) is 6.95. The standard InChI is InChI=1S/C16H22N6O5S/c1-11-14(10-18-19(11)3)28(26,27)21-8-6-20(7-9-21)15(23)13-4-5-17-22(13)12(2)16(24)25/h4-5,10,12H,6-9H2,1-3H3,(H,24,25). The summed E-state index contributed by atoms with van der Waals surface area (Å²) in [5.74, 6) is -1.47. The van der Waals surface area contributed by atoms with Crippen LogP contribution in [0.3, 0.4) is 0 Å². The molecule has 1 aliphatic rings. The first-order chi connectivity index (χ1) is 13.1. The molecular weight excluding hydrogens is 388 g/mol. The molecule has 1 aliphatic heterocycles. The van der Waals surface area contributed by atoms with Crippen molar-refractivity contribution >= 4 is 21.9 Å². The van der Waals surface area contributed by atoms with Gasteiger partial charge in [0.25, 0.3) is 5.91 Å². The summed E-state index contributed by atoms with van der Waals surface area (Å²) in [6, 6.07) is 0.480. The van der Waals surface area contributed by atoms with E-state index in [2.05, 4.69) is 10.2 Å². The first-order valence-corrected chi connectivity index (χ1v) is 10.1. The molecule has 0 saturated carbocycles. The number of aliphatic carboxylic acids is 1. The molecule has 11 nitrogen and oxygen atoms in total. The molecule has 0 bridgehead atoms. The van der Waals surface area contributed by atoms with Crippen LogP contribution in [0.25, 0.3) is 0 Å². The number of carboxylic acids is 1. The minimum atomic E-state index is -3.69. The zero-order chi connectivity index (χ0) is 20.6. The number of carboxylic acid groups (broad SMARTS) is 1. The third-order valence-electron chi connectivity index (χ3n) is 4.95. The molecule has 2 aromatic rings. The van der Waals surface area contributed by atoms with Gasteiger partial charge >= 0.3 is 5.97 Å². The molecule has 0 spiro atoms. The number of hydrogen-bond donors (Lipinski definition) is 1. The van der Waals surface area contributed by atoms with Gasteiger partial charge in [0.2, 0.25) is 10.0 Å². The molecule has 1 atom stereocenters. The fourth-order valence-electron chi connectivity index (χ4n) is 3.06. The number of sulfonamides is 1. The molecular formula is C16H22N6O5S. The van der Waals surface area contributed by atoms with Gasteiger partial charge in [-0.15, -0.1) is 0 Å². The molecule has 1 unspecified atom stereocenters. The lowest BCUT2D eigenvalue weighted by Gasteiger charge is -2.34. The summed E-state index contributed by atoms with van der Waals surface area (Å²) in [6.07, 6.45) is 2.70. The first-order valence-electron chi connectivity index (χ1n) is 8.69. The molecule has 1 amide bonds. The van der Waals surface area contributed by atoms with Crippen molar-refractivity contribution in [2.24, 2.45) is 7.05 Å². The van der Waals surface area contributed by atoms with Crippen LogP contribution >= 0.6 is 0 Å². The highest BCUT2D eigenvalue weighted by Crippen LogP contribution is 2.21. The molecule has 0 radical (unpaired) electrons. The number of aromatic nitrogens is 4. The Labute approximate surface area is 162 Å². The average molecular weight is 410 g/mol. The second-order valence-corrected chi connectivity index (χ2v) is 8.50. The number of carbonyl (C=O) groups excluding carboxylic acids is 1. The molecule has 0 aromatic carbocycles. The van der Waals surface area contributed by atoms with Crippen LogP contribution in [0.15, 0.2) is 23.4 Å². The molecule has 28 heavy (non-hydrogen) atoms. The van der Waals surface area contributed by atoms with Gasteiger partial charge in [0.1, 0.15) is 16.6 Å². The maximum atomic E-state index is 12.8. The van der Waals surface area contributed by atoms with Crippen LogP contribution in [-0.4, -0.2) is 80.3 Å². The Balaban J connectivity index is 1.72. The number of piperazine rings is 1. The smallest absolute Gasteiger partial charge is 0.328 e. The van der Waals surface area contributed by atoms with E-state index < -0.39 is 22.0 Å². The normalized spacial score (nSPS) is 16.9. The largest absolute Gasteiger partial charge is 0.480 e. The van der Waals surface area contributed by atoms with E-state index in [-0.39, 0.29) is 42.7 Å². The Morgan fingerprint density at radius 1 is 1.18 bits per heavy atom. The van der Waals surface area contributed by atoms with Gasteiger partial charge < -0.3 is 10.0 Å². The van der Waals surface area contributed by atoms with Gasteiger partial charge in [0.15, 0.2) is 0 Å². The van der Waals surface area contributed by atoms with Crippen molar-refractivity contribution in [3.8, 4) is 0 Å². The maximum absolute atomic E-state index is 12.8. The van der Waals surface area contributed by atoms with Crippen LogP contribution in [0.2, 0.25) is 0 Å². The number of rotatable bonds is 5. The van der Waals surface area contributed by atoms with Gasteiger partial charge in [-0.05, 0) is 19.9 Å². The van der Waals surface area contributed by atoms with E-state index in [1.165, 1.54) is 39.3 Å². The minimum Gasteiger partial charge on any atom is -0.480 e. The summed E-state index contributed by atoms with van der Waals surface area (Å²) in [5.41, 5.74) is 0.708. The number of hydrogen-bond acceptors (Lipinski definition) is 6. The topological polar surface area (TPSA) is 131 Å². The molecule has 1 saturated heterocycles. The second-order valence-electron chi connectivity index (χ2n) is 6.59. The molecule has 152 valence electrons. The van der Waals surface area contributed by atoms with Crippen LogP contribution < -0.4 is 0 Å². The Morgan fingerprint density at radius 3 is 2.36 bits per heavy atom. The van der Waals surface area contributed by atoms with E-state index in [0.717, 1.165) is 4.68 Å². The average Bonchev–Trinajstić information content (AvgIpc) is 3.28. The van der Waals surface area contributed by atoms with Gasteiger partial charge in [-0.25, -0.2) is 17.9 Å². The van der Waals surface area contributed by atoms with Crippen molar-refractivity contribution in [2.45, 2.75) is 24.8 Å². The number of nitrogens with zero attached hydrogens (tertiary/aromatic N) is 6. The van der Waals surface area contributed by atoms with Crippen molar-refractivity contribution in [1.29, 1.82) is 0 Å². The van der Waals surface area contributed by atoms with E-state index in [9.17, 15) is 18.0 Å². The van der Waals surface area contributed by atoms with Crippen molar-refractivity contribution in [1.82, 2.24) is 28.8 Å². The maximum Gasteiger partial charge on any atom is 0.328 e. The second kappa shape index (κ2) is 7.36. The molecule has 0 aliphatic carbocycles. The number of aryl methyl sites for hydroxylation is 1. The monoisotopic (exact) mass is 410 g/mol. The highest BCUT2D eigenvalue weighted by atomic mass is 32.2. The van der Waals surface area contributed by atoms with Crippen LogP contribution in [-0.2, 0) is 21.9 Å². The zero-order valence-electron chi connectivity index (χ0n) is 15.8. The van der Waals surface area contributed by atoms with Crippen molar-refractivity contribution < 1.29 is 23.1 Å². The van der Waals surface area contributed by atoms with Gasteiger partial charge in [0, 0.05) is 39.4 Å². The highest BCUT2D eigenvalue weighted by molar-refractivity contribution is 7.89. The van der Waals surface area contributed by atoms with Crippen molar-refractivity contribution in [3.63, 3.8) is 0 Å². The van der Waals surface area contributed by atoms with Crippen molar-refractivity contribution in [2.75, 3.05) is 26.2 Å². The highest BCUT2D eigenvalue weighted by Gasteiger charge is 2.33. The Morgan fingerprint density at radius 2 is 1.82 bits per heavy atom. The van der Waals surface area contributed by atoms with E-state index in [1.54, 1.807) is 14.0 Å². The Hall–Kier alpha value is -2.73. The van der Waals surface area contributed by atoms with Gasteiger partial charge in [0.05, 0.1) is 11.9 Å². The van der Waals surface area contributed by atoms with E-state index in [1.807, 2.05) is 0 Å². The molecule has 1 fully saturated rings. The van der Waals surface area contributed by atoms with Crippen LogP contribution in [0.5, 0.6) is 0 Å². The minimum absolute atomic E-state index is 0.144. The number of carbonyl (C=O) groups is 2. The lowest BCUT2D eigenvalue weighted by molar-refractivity contribution is -0.140. The van der Waals surface area contributed by atoms with E-state index in [4.69, 9.17) is 5.11 Å². The molecule has 3 rings (SSSR count). The Bertz CT molecular complexity index is 1000. The lowest BCUT2D eigenvalue weighted by Crippen LogP contribution is -2.51. The van der Waals surface area contributed by atoms with E-state index >= 15 is 0 Å². The van der Waals surface area contributed by atoms with Gasteiger partial charge in [-0.1, -0.05) is 0 Å². The SMILES string of the molecule is Cc1c(S(=O)(=O)N2CCN(C(=O)c3ccnn3C(C)C(=O)O)CC2)cnn1C. The van der Waals surface area contributed by atoms with Crippen LogP contribution in [0, 0.1) is 6.92 Å². The molecule has 12 heteroatoms. The lowest BCUT2D eigenvalue weighted by atomic mass is 10.2. The summed E-state index contributed by atoms with van der Waals surface area (Å²) < 4.78 is 29.7. The van der Waals surface area contributed by atoms with Crippen LogP contribution in [0.1, 0.15) is 29.1 Å². The van der Waals surface area contributed by atoms with Crippen LogP contribution in [0.4, 0.5) is 0 Å². The fraction of sp³-hybridized carbons (Fsp3) is 0.500. The van der Waals surface area contributed by atoms with Gasteiger partial charge in [-0.2, -0.15) is 14.5 Å². The molecule has 3 heterocycles. The molecule has 1 N–H and O–H groups in total. The summed E-state index contributed by atoms with van der Waals surface area (Å²) in [7, 11) is -2.02. The quantitative estimate of drug-likeness (QED) is 0.717. The molecule has 2 aromatic heterocycles.